The van der Waals surface area contributed by atoms with Gasteiger partial charge in [0, 0.05) is 23.6 Å². The molecule has 124 valence electrons. The number of carbonyl (C=O) groups is 1. The molecule has 0 spiro atoms. The van der Waals surface area contributed by atoms with E-state index in [1.165, 1.54) is 19.2 Å². The van der Waals surface area contributed by atoms with Crippen molar-refractivity contribution in [3.8, 4) is 29.0 Å². The SMILES string of the molecule is COc1cc(-c2noc(C)n2)c(C(=O)c2ccc(C#N)cc2)cc1O. The Bertz CT molecular complexity index is 985. The van der Waals surface area contributed by atoms with Crippen LogP contribution in [0, 0.1) is 18.3 Å². The van der Waals surface area contributed by atoms with Gasteiger partial charge in [-0.15, -0.1) is 0 Å². The minimum absolute atomic E-state index is 0.177. The highest BCUT2D eigenvalue weighted by atomic mass is 16.5. The summed E-state index contributed by atoms with van der Waals surface area (Å²) < 4.78 is 10.1. The number of aryl methyl sites for hydroxylation is 1. The molecule has 1 N–H and O–H groups in total. The average molecular weight is 335 g/mol. The second kappa shape index (κ2) is 6.45. The van der Waals surface area contributed by atoms with Crippen LogP contribution >= 0.6 is 0 Å². The van der Waals surface area contributed by atoms with Gasteiger partial charge in [0.2, 0.25) is 11.7 Å². The Hall–Kier alpha value is -3.66. The first-order valence-electron chi connectivity index (χ1n) is 7.30. The number of nitrogens with zero attached hydrogens (tertiary/aromatic N) is 3. The highest BCUT2D eigenvalue weighted by Gasteiger charge is 2.21. The van der Waals surface area contributed by atoms with Crippen molar-refractivity contribution in [3.63, 3.8) is 0 Å². The van der Waals surface area contributed by atoms with E-state index >= 15 is 0 Å². The van der Waals surface area contributed by atoms with Crippen LogP contribution < -0.4 is 4.74 Å². The minimum Gasteiger partial charge on any atom is -0.504 e. The molecular weight excluding hydrogens is 322 g/mol. The van der Waals surface area contributed by atoms with Gasteiger partial charge in [0.15, 0.2) is 17.3 Å². The molecule has 0 saturated heterocycles. The molecule has 0 fully saturated rings. The zero-order valence-corrected chi connectivity index (χ0v) is 13.5. The number of rotatable bonds is 4. The van der Waals surface area contributed by atoms with Crippen LogP contribution in [-0.4, -0.2) is 28.1 Å². The van der Waals surface area contributed by atoms with Crippen molar-refractivity contribution >= 4 is 5.78 Å². The Labute approximate surface area is 143 Å². The van der Waals surface area contributed by atoms with E-state index in [1.807, 2.05) is 6.07 Å². The Balaban J connectivity index is 2.14. The number of nitriles is 1. The number of hydrogen-bond donors (Lipinski definition) is 1. The molecule has 7 nitrogen and oxygen atoms in total. The van der Waals surface area contributed by atoms with Gasteiger partial charge >= 0.3 is 0 Å². The highest BCUT2D eigenvalue weighted by Crippen LogP contribution is 2.35. The summed E-state index contributed by atoms with van der Waals surface area (Å²) in [5, 5.41) is 22.8. The first-order chi connectivity index (χ1) is 12.0. The molecule has 0 aliphatic rings. The normalized spacial score (nSPS) is 10.3. The number of phenols is 1. The lowest BCUT2D eigenvalue weighted by Crippen LogP contribution is -2.05. The number of benzene rings is 2. The Morgan fingerprint density at radius 2 is 2.00 bits per heavy atom. The maximum Gasteiger partial charge on any atom is 0.223 e. The molecule has 0 aliphatic carbocycles. The van der Waals surface area contributed by atoms with Crippen molar-refractivity contribution in [2.24, 2.45) is 0 Å². The van der Waals surface area contributed by atoms with Crippen LogP contribution in [0.1, 0.15) is 27.4 Å². The lowest BCUT2D eigenvalue weighted by molar-refractivity contribution is 0.103. The van der Waals surface area contributed by atoms with E-state index < -0.39 is 0 Å². The van der Waals surface area contributed by atoms with Gasteiger partial charge < -0.3 is 14.4 Å². The lowest BCUT2D eigenvalue weighted by Gasteiger charge is -2.10. The number of phenolic OH excluding ortho intramolecular Hbond substituents is 1. The summed E-state index contributed by atoms with van der Waals surface area (Å²) >= 11 is 0. The van der Waals surface area contributed by atoms with Crippen molar-refractivity contribution in [2.45, 2.75) is 6.92 Å². The third-order valence-electron chi connectivity index (χ3n) is 3.61. The summed E-state index contributed by atoms with van der Waals surface area (Å²) in [6.07, 6.45) is 0. The summed E-state index contributed by atoms with van der Waals surface area (Å²) in [5.41, 5.74) is 1.39. The topological polar surface area (TPSA) is 109 Å². The predicted octanol–water partition coefficient (Wildman–Crippen LogP) is 2.86. The molecule has 1 aromatic heterocycles. The molecule has 25 heavy (non-hydrogen) atoms. The third kappa shape index (κ3) is 3.05. The zero-order valence-electron chi connectivity index (χ0n) is 13.5. The quantitative estimate of drug-likeness (QED) is 0.730. The number of ether oxygens (including phenoxy) is 1. The summed E-state index contributed by atoms with van der Waals surface area (Å²) in [4.78, 5) is 17.0. The van der Waals surface area contributed by atoms with Gasteiger partial charge in [0.25, 0.3) is 0 Å². The fourth-order valence-electron chi connectivity index (χ4n) is 2.37. The predicted molar refractivity (Wildman–Crippen MR) is 87.3 cm³/mol. The minimum atomic E-state index is -0.347. The van der Waals surface area contributed by atoms with Crippen molar-refractivity contribution < 1.29 is 19.2 Å². The van der Waals surface area contributed by atoms with Crippen LogP contribution in [0.4, 0.5) is 0 Å². The van der Waals surface area contributed by atoms with Gasteiger partial charge in [-0.25, -0.2) is 0 Å². The van der Waals surface area contributed by atoms with E-state index in [9.17, 15) is 9.90 Å². The number of aromatic nitrogens is 2. The molecule has 0 amide bonds. The average Bonchev–Trinajstić information content (AvgIpc) is 3.07. The second-order valence-corrected chi connectivity index (χ2v) is 5.22. The molecular formula is C18H13N3O4. The summed E-state index contributed by atoms with van der Waals surface area (Å²) in [6, 6.07) is 11.0. The van der Waals surface area contributed by atoms with E-state index in [-0.39, 0.29) is 28.7 Å². The van der Waals surface area contributed by atoms with Crippen LogP contribution in [0.15, 0.2) is 40.9 Å². The first-order valence-corrected chi connectivity index (χ1v) is 7.30. The molecule has 0 unspecified atom stereocenters. The Kier molecular flexibility index (Phi) is 4.18. The van der Waals surface area contributed by atoms with Crippen LogP contribution in [-0.2, 0) is 0 Å². The van der Waals surface area contributed by atoms with E-state index in [0.29, 0.717) is 22.6 Å². The Morgan fingerprint density at radius 3 is 2.56 bits per heavy atom. The lowest BCUT2D eigenvalue weighted by atomic mass is 9.96. The van der Waals surface area contributed by atoms with Gasteiger partial charge in [0.05, 0.1) is 18.7 Å². The number of methoxy groups -OCH3 is 1. The third-order valence-corrected chi connectivity index (χ3v) is 3.61. The van der Waals surface area contributed by atoms with Gasteiger partial charge in [-0.3, -0.25) is 4.79 Å². The maximum absolute atomic E-state index is 12.9. The number of ketones is 1. The molecule has 3 rings (SSSR count). The van der Waals surface area contributed by atoms with E-state index in [4.69, 9.17) is 14.5 Å². The number of carbonyl (C=O) groups excluding carboxylic acids is 1. The smallest absolute Gasteiger partial charge is 0.223 e. The number of hydrogen-bond acceptors (Lipinski definition) is 7. The summed E-state index contributed by atoms with van der Waals surface area (Å²) in [6.45, 7) is 1.64. The zero-order chi connectivity index (χ0) is 18.0. The maximum atomic E-state index is 12.9. The molecule has 0 saturated carbocycles. The largest absolute Gasteiger partial charge is 0.504 e. The molecule has 7 heteroatoms. The van der Waals surface area contributed by atoms with Crippen molar-refractivity contribution in [1.82, 2.24) is 10.1 Å². The fraction of sp³-hybridized carbons (Fsp3) is 0.111. The standard InChI is InChI=1S/C18H13N3O4/c1-10-20-18(21-25-10)14-8-16(24-2)15(22)7-13(14)17(23)12-5-3-11(9-19)4-6-12/h3-8,22H,1-2H3. The Morgan fingerprint density at radius 1 is 1.28 bits per heavy atom. The fourth-order valence-corrected chi connectivity index (χ4v) is 2.37. The molecule has 0 aliphatic heterocycles. The van der Waals surface area contributed by atoms with Crippen LogP contribution in [0.2, 0.25) is 0 Å². The first kappa shape index (κ1) is 16.2. The number of aromatic hydroxyl groups is 1. The monoisotopic (exact) mass is 335 g/mol. The highest BCUT2D eigenvalue weighted by molar-refractivity contribution is 6.13. The molecule has 0 radical (unpaired) electrons. The van der Waals surface area contributed by atoms with Crippen LogP contribution in [0.25, 0.3) is 11.4 Å². The summed E-state index contributed by atoms with van der Waals surface area (Å²) in [5.74, 6) is 0.226. The van der Waals surface area contributed by atoms with E-state index in [0.717, 1.165) is 0 Å². The van der Waals surface area contributed by atoms with Crippen molar-refractivity contribution in [2.75, 3.05) is 7.11 Å². The molecule has 0 atom stereocenters. The van der Waals surface area contributed by atoms with Gasteiger partial charge in [0.1, 0.15) is 0 Å². The van der Waals surface area contributed by atoms with E-state index in [2.05, 4.69) is 10.1 Å². The van der Waals surface area contributed by atoms with Gasteiger partial charge in [-0.1, -0.05) is 5.16 Å². The molecule has 1 heterocycles. The molecule has 3 aromatic rings. The van der Waals surface area contributed by atoms with Gasteiger partial charge in [-0.05, 0) is 36.4 Å². The van der Waals surface area contributed by atoms with Crippen molar-refractivity contribution in [3.05, 3.63) is 59.0 Å². The molecule has 2 aromatic carbocycles. The van der Waals surface area contributed by atoms with Crippen LogP contribution in [0.5, 0.6) is 11.5 Å². The van der Waals surface area contributed by atoms with E-state index in [1.54, 1.807) is 31.2 Å². The summed E-state index contributed by atoms with van der Waals surface area (Å²) in [7, 11) is 1.41. The molecule has 0 bridgehead atoms. The second-order valence-electron chi connectivity index (χ2n) is 5.22. The van der Waals surface area contributed by atoms with Crippen LogP contribution in [0.3, 0.4) is 0 Å². The van der Waals surface area contributed by atoms with Crippen molar-refractivity contribution in [1.29, 1.82) is 5.26 Å². The van der Waals surface area contributed by atoms with Gasteiger partial charge in [-0.2, -0.15) is 10.2 Å².